The minimum Gasteiger partial charge on any atom is -0.497 e. The Bertz CT molecular complexity index is 511. The number of urea groups is 1. The Hall–Kier alpha value is -2.24. The fourth-order valence-corrected chi connectivity index (χ4v) is 1.77. The predicted octanol–water partition coefficient (Wildman–Crippen LogP) is 2.02. The number of aromatic carboxylic acids is 1. The molecule has 0 spiro atoms. The highest BCUT2D eigenvalue weighted by Crippen LogP contribution is 2.27. The molecule has 6 heteroatoms. The molecule has 0 saturated heterocycles. The van der Waals surface area contributed by atoms with Gasteiger partial charge in [0, 0.05) is 13.1 Å². The summed E-state index contributed by atoms with van der Waals surface area (Å²) in [5.74, 6) is -0.672. The average molecular weight is 264 g/mol. The third kappa shape index (κ3) is 2.96. The maximum atomic E-state index is 11.9. The summed E-state index contributed by atoms with van der Waals surface area (Å²) in [4.78, 5) is 24.7. The summed E-state index contributed by atoms with van der Waals surface area (Å²) in [6, 6.07) is 4.50. The van der Waals surface area contributed by atoms with E-state index in [1.54, 1.807) is 18.0 Å². The summed E-state index contributed by atoms with van der Waals surface area (Å²) < 4.78 is 4.97. The monoisotopic (exact) mass is 264 g/mol. The number of carbonyl (C=O) groups is 2. The van der Waals surface area contributed by atoms with Crippen LogP contribution >= 0.6 is 0 Å². The van der Waals surface area contributed by atoms with Gasteiger partial charge in [0.25, 0.3) is 0 Å². The van der Waals surface area contributed by atoms with Gasteiger partial charge in [-0.05, 0) is 31.0 Å². The number of nitrogens with one attached hydrogen (secondary N) is 1. The smallest absolute Gasteiger partial charge is 0.337 e. The fraction of sp³-hybridized carbons (Fsp3) is 0.385. The van der Waals surface area contributed by atoms with Crippen molar-refractivity contribution in [3.05, 3.63) is 23.8 Å². The number of rotatable bonds is 4. The van der Waals surface area contributed by atoms with E-state index in [4.69, 9.17) is 9.84 Å². The first-order valence-corrected chi connectivity index (χ1v) is 5.98. The molecule has 0 radical (unpaired) electrons. The molecule has 1 aromatic carbocycles. The van der Waals surface area contributed by atoms with Gasteiger partial charge >= 0.3 is 12.0 Å². The standard InChI is InChI=1S/C13H16N2O4/c1-15(8-3-4-8)13(18)14-11-6-5-9(19-2)7-10(11)12(16)17/h5-8H,3-4H2,1-2H3,(H,14,18)(H,16,17). The number of benzene rings is 1. The topological polar surface area (TPSA) is 78.9 Å². The quantitative estimate of drug-likeness (QED) is 0.872. The molecule has 1 fully saturated rings. The van der Waals surface area contributed by atoms with Crippen molar-refractivity contribution in [3.63, 3.8) is 0 Å². The molecule has 1 aliphatic rings. The van der Waals surface area contributed by atoms with Gasteiger partial charge in [-0.3, -0.25) is 0 Å². The molecule has 19 heavy (non-hydrogen) atoms. The Morgan fingerprint density at radius 1 is 1.42 bits per heavy atom. The average Bonchev–Trinajstić information content (AvgIpc) is 3.22. The van der Waals surface area contributed by atoms with E-state index in [1.165, 1.54) is 19.2 Å². The number of hydrogen-bond acceptors (Lipinski definition) is 3. The number of amides is 2. The van der Waals surface area contributed by atoms with Crippen molar-refractivity contribution in [1.29, 1.82) is 0 Å². The molecule has 0 aliphatic heterocycles. The lowest BCUT2D eigenvalue weighted by Crippen LogP contribution is -2.33. The van der Waals surface area contributed by atoms with Crippen molar-refractivity contribution in [2.75, 3.05) is 19.5 Å². The third-order valence-corrected chi connectivity index (χ3v) is 3.11. The molecule has 0 heterocycles. The van der Waals surface area contributed by atoms with Crippen LogP contribution in [0, 0.1) is 0 Å². The van der Waals surface area contributed by atoms with E-state index in [-0.39, 0.29) is 23.3 Å². The highest BCUT2D eigenvalue weighted by atomic mass is 16.5. The van der Waals surface area contributed by atoms with E-state index < -0.39 is 5.97 Å². The number of nitrogens with zero attached hydrogens (tertiary/aromatic N) is 1. The Morgan fingerprint density at radius 3 is 2.63 bits per heavy atom. The Labute approximate surface area is 111 Å². The molecule has 2 rings (SSSR count). The predicted molar refractivity (Wildman–Crippen MR) is 69.8 cm³/mol. The van der Waals surface area contributed by atoms with Crippen LogP contribution in [0.15, 0.2) is 18.2 Å². The van der Waals surface area contributed by atoms with Gasteiger partial charge in [0.15, 0.2) is 0 Å². The maximum Gasteiger partial charge on any atom is 0.337 e. The van der Waals surface area contributed by atoms with Crippen LogP contribution in [0.25, 0.3) is 0 Å². The van der Waals surface area contributed by atoms with Crippen molar-refractivity contribution in [3.8, 4) is 5.75 Å². The number of ether oxygens (including phenoxy) is 1. The lowest BCUT2D eigenvalue weighted by molar-refractivity contribution is 0.0697. The number of anilines is 1. The largest absolute Gasteiger partial charge is 0.497 e. The second kappa shape index (κ2) is 5.17. The van der Waals surface area contributed by atoms with Gasteiger partial charge in [0.2, 0.25) is 0 Å². The second-order valence-electron chi connectivity index (χ2n) is 4.49. The van der Waals surface area contributed by atoms with E-state index in [2.05, 4.69) is 5.32 Å². The van der Waals surface area contributed by atoms with Crippen molar-refractivity contribution in [1.82, 2.24) is 4.90 Å². The first kappa shape index (κ1) is 13.2. The van der Waals surface area contributed by atoms with Crippen LogP contribution in [0.1, 0.15) is 23.2 Å². The summed E-state index contributed by atoms with van der Waals surface area (Å²) in [7, 11) is 3.16. The molecule has 6 nitrogen and oxygen atoms in total. The maximum absolute atomic E-state index is 11.9. The van der Waals surface area contributed by atoms with Crippen LogP contribution < -0.4 is 10.1 Å². The van der Waals surface area contributed by atoms with E-state index in [1.807, 2.05) is 0 Å². The van der Waals surface area contributed by atoms with Gasteiger partial charge in [0.05, 0.1) is 18.4 Å². The van der Waals surface area contributed by atoms with Gasteiger partial charge in [-0.1, -0.05) is 0 Å². The number of methoxy groups -OCH3 is 1. The summed E-state index contributed by atoms with van der Waals surface area (Å²) in [6.45, 7) is 0. The Morgan fingerprint density at radius 2 is 2.11 bits per heavy atom. The highest BCUT2D eigenvalue weighted by Gasteiger charge is 2.30. The zero-order valence-corrected chi connectivity index (χ0v) is 10.8. The van der Waals surface area contributed by atoms with Gasteiger partial charge in [-0.15, -0.1) is 0 Å². The van der Waals surface area contributed by atoms with Crippen molar-refractivity contribution in [2.24, 2.45) is 0 Å². The third-order valence-electron chi connectivity index (χ3n) is 3.11. The number of carboxylic acid groups (broad SMARTS) is 1. The van der Waals surface area contributed by atoms with Gasteiger partial charge < -0.3 is 20.1 Å². The minimum absolute atomic E-state index is 0.0110. The first-order valence-electron chi connectivity index (χ1n) is 5.98. The van der Waals surface area contributed by atoms with Crippen LogP contribution in [0.3, 0.4) is 0 Å². The van der Waals surface area contributed by atoms with Crippen LogP contribution in [-0.4, -0.2) is 42.2 Å². The summed E-state index contributed by atoms with van der Waals surface area (Å²) >= 11 is 0. The SMILES string of the molecule is COc1ccc(NC(=O)N(C)C2CC2)c(C(=O)O)c1. The van der Waals surface area contributed by atoms with E-state index in [9.17, 15) is 9.59 Å². The van der Waals surface area contributed by atoms with E-state index in [0.29, 0.717) is 5.75 Å². The lowest BCUT2D eigenvalue weighted by Gasteiger charge is -2.18. The Balaban J connectivity index is 2.18. The normalized spacial score (nSPS) is 13.8. The zero-order valence-electron chi connectivity index (χ0n) is 10.8. The number of hydrogen-bond donors (Lipinski definition) is 2. The van der Waals surface area contributed by atoms with Gasteiger partial charge in [0.1, 0.15) is 5.75 Å². The van der Waals surface area contributed by atoms with Crippen LogP contribution in [0.4, 0.5) is 10.5 Å². The second-order valence-corrected chi connectivity index (χ2v) is 4.49. The molecular formula is C13H16N2O4. The molecule has 0 unspecified atom stereocenters. The highest BCUT2D eigenvalue weighted by molar-refractivity contribution is 6.00. The number of carbonyl (C=O) groups excluding carboxylic acids is 1. The van der Waals surface area contributed by atoms with Crippen LogP contribution in [-0.2, 0) is 0 Å². The molecule has 0 atom stereocenters. The van der Waals surface area contributed by atoms with Gasteiger partial charge in [-0.25, -0.2) is 9.59 Å². The molecule has 0 bridgehead atoms. The molecule has 0 aromatic heterocycles. The summed E-state index contributed by atoms with van der Waals surface area (Å²) in [5, 5.41) is 11.8. The number of carboxylic acids is 1. The lowest BCUT2D eigenvalue weighted by atomic mass is 10.1. The first-order chi connectivity index (χ1) is 9.02. The van der Waals surface area contributed by atoms with E-state index in [0.717, 1.165) is 12.8 Å². The van der Waals surface area contributed by atoms with E-state index >= 15 is 0 Å². The molecular weight excluding hydrogens is 248 g/mol. The van der Waals surface area contributed by atoms with Gasteiger partial charge in [-0.2, -0.15) is 0 Å². The molecule has 102 valence electrons. The molecule has 1 aromatic rings. The molecule has 1 aliphatic carbocycles. The molecule has 2 amide bonds. The molecule has 1 saturated carbocycles. The fourth-order valence-electron chi connectivity index (χ4n) is 1.77. The zero-order chi connectivity index (χ0) is 14.0. The van der Waals surface area contributed by atoms with Crippen molar-refractivity contribution >= 4 is 17.7 Å². The van der Waals surface area contributed by atoms with Crippen molar-refractivity contribution < 1.29 is 19.4 Å². The van der Waals surface area contributed by atoms with Crippen molar-refractivity contribution in [2.45, 2.75) is 18.9 Å². The Kier molecular flexibility index (Phi) is 3.59. The van der Waals surface area contributed by atoms with Crippen LogP contribution in [0.5, 0.6) is 5.75 Å². The summed E-state index contributed by atoms with van der Waals surface area (Å²) in [5.41, 5.74) is 0.280. The van der Waals surface area contributed by atoms with Crippen LogP contribution in [0.2, 0.25) is 0 Å². The minimum atomic E-state index is -1.11. The molecule has 2 N–H and O–H groups in total. The summed E-state index contributed by atoms with van der Waals surface area (Å²) in [6.07, 6.45) is 2.00.